The summed E-state index contributed by atoms with van der Waals surface area (Å²) in [5.41, 5.74) is 0.289. The monoisotopic (exact) mass is 284 g/mol. The fourth-order valence-corrected chi connectivity index (χ4v) is 2.40. The second kappa shape index (κ2) is 4.71. The highest BCUT2D eigenvalue weighted by Crippen LogP contribution is 2.36. The smallest absolute Gasteiger partial charge is 0.274 e. The van der Waals surface area contributed by atoms with Gasteiger partial charge in [-0.25, -0.2) is 4.98 Å². The van der Waals surface area contributed by atoms with Crippen molar-refractivity contribution in [2.24, 2.45) is 5.92 Å². The molecule has 0 saturated heterocycles. The van der Waals surface area contributed by atoms with Gasteiger partial charge in [0.15, 0.2) is 0 Å². The molecule has 3 nitrogen and oxygen atoms in total. The molecular weight excluding hydrogens is 271 g/mol. The molecule has 0 atom stereocenters. The van der Waals surface area contributed by atoms with Crippen molar-refractivity contribution in [3.63, 3.8) is 0 Å². The molecule has 0 N–H and O–H groups in total. The summed E-state index contributed by atoms with van der Waals surface area (Å²) in [5.74, 6) is 0.601. The van der Waals surface area contributed by atoms with E-state index in [9.17, 15) is 4.79 Å². The molecule has 0 spiro atoms. The Morgan fingerprint density at radius 2 is 2.00 bits per heavy atom. The first-order valence-corrected chi connectivity index (χ1v) is 7.04. The van der Waals surface area contributed by atoms with Crippen LogP contribution in [0.3, 0.4) is 0 Å². The van der Waals surface area contributed by atoms with Crippen LogP contribution >= 0.6 is 23.2 Å². The Kier molecular flexibility index (Phi) is 3.20. The zero-order valence-electron chi connectivity index (χ0n) is 9.90. The number of amides is 1. The first-order chi connectivity index (χ1) is 8.65. The third-order valence-electron chi connectivity index (χ3n) is 3.41. The summed E-state index contributed by atoms with van der Waals surface area (Å²) in [6, 6.07) is 3.62. The first-order valence-electron chi connectivity index (χ1n) is 6.28. The standard InChI is InChI=1S/C13H14Cl2N2O/c14-10-5-6-11(15)16-12(10)13(18)17(9-3-4-9)7-8-1-2-8/h5-6,8-9H,1-4,7H2. The van der Waals surface area contributed by atoms with Gasteiger partial charge in [-0.1, -0.05) is 23.2 Å². The van der Waals surface area contributed by atoms with Crippen LogP contribution in [0.15, 0.2) is 12.1 Å². The summed E-state index contributed by atoms with van der Waals surface area (Å²) in [7, 11) is 0. The number of carbonyl (C=O) groups is 1. The maximum atomic E-state index is 12.5. The van der Waals surface area contributed by atoms with Gasteiger partial charge in [-0.05, 0) is 43.7 Å². The average Bonchev–Trinajstić information content (AvgIpc) is 3.21. The molecule has 96 valence electrons. The van der Waals surface area contributed by atoms with E-state index in [-0.39, 0.29) is 11.6 Å². The largest absolute Gasteiger partial charge is 0.334 e. The predicted octanol–water partition coefficient (Wildman–Crippen LogP) is 3.40. The minimum atomic E-state index is -0.0723. The second-order valence-electron chi connectivity index (χ2n) is 5.10. The van der Waals surface area contributed by atoms with E-state index >= 15 is 0 Å². The van der Waals surface area contributed by atoms with Gasteiger partial charge in [0.25, 0.3) is 5.91 Å². The van der Waals surface area contributed by atoms with Crippen LogP contribution in [0.2, 0.25) is 10.2 Å². The van der Waals surface area contributed by atoms with Gasteiger partial charge in [0.05, 0.1) is 5.02 Å². The summed E-state index contributed by atoms with van der Waals surface area (Å²) < 4.78 is 0. The molecular formula is C13H14Cl2N2O. The Labute approximate surface area is 116 Å². The molecule has 2 aliphatic rings. The molecule has 3 rings (SSSR count). The topological polar surface area (TPSA) is 33.2 Å². The zero-order chi connectivity index (χ0) is 12.7. The van der Waals surface area contributed by atoms with Gasteiger partial charge < -0.3 is 4.90 Å². The molecule has 18 heavy (non-hydrogen) atoms. The first kappa shape index (κ1) is 12.2. The van der Waals surface area contributed by atoms with Crippen molar-refractivity contribution >= 4 is 29.1 Å². The Morgan fingerprint density at radius 3 is 2.61 bits per heavy atom. The van der Waals surface area contributed by atoms with Crippen LogP contribution in [0.1, 0.15) is 36.2 Å². The van der Waals surface area contributed by atoms with E-state index < -0.39 is 0 Å². The molecule has 1 aromatic rings. The SMILES string of the molecule is O=C(c1nc(Cl)ccc1Cl)N(CC1CC1)C1CC1. The number of aromatic nitrogens is 1. The lowest BCUT2D eigenvalue weighted by Gasteiger charge is -2.22. The Bertz CT molecular complexity index is 484. The third-order valence-corrected chi connectivity index (χ3v) is 3.93. The van der Waals surface area contributed by atoms with E-state index in [4.69, 9.17) is 23.2 Å². The van der Waals surface area contributed by atoms with Crippen LogP contribution in [0, 0.1) is 5.92 Å². The maximum Gasteiger partial charge on any atom is 0.274 e. The fraction of sp³-hybridized carbons (Fsp3) is 0.538. The molecule has 2 saturated carbocycles. The molecule has 2 aliphatic carbocycles. The van der Waals surface area contributed by atoms with Crippen molar-refractivity contribution in [1.29, 1.82) is 0 Å². The molecule has 1 aromatic heterocycles. The van der Waals surface area contributed by atoms with Crippen LogP contribution in [-0.2, 0) is 0 Å². The quantitative estimate of drug-likeness (QED) is 0.794. The number of hydrogen-bond donors (Lipinski definition) is 0. The zero-order valence-corrected chi connectivity index (χ0v) is 11.4. The maximum absolute atomic E-state index is 12.5. The molecule has 0 aliphatic heterocycles. The second-order valence-corrected chi connectivity index (χ2v) is 5.89. The molecule has 0 radical (unpaired) electrons. The van der Waals surface area contributed by atoms with Gasteiger partial charge in [-0.15, -0.1) is 0 Å². The van der Waals surface area contributed by atoms with E-state index in [1.165, 1.54) is 12.8 Å². The lowest BCUT2D eigenvalue weighted by atomic mass is 10.2. The van der Waals surface area contributed by atoms with Crippen LogP contribution < -0.4 is 0 Å². The molecule has 0 bridgehead atoms. The van der Waals surface area contributed by atoms with E-state index in [2.05, 4.69) is 4.98 Å². The highest BCUT2D eigenvalue weighted by Gasteiger charge is 2.37. The number of carbonyl (C=O) groups excluding carboxylic acids is 1. The van der Waals surface area contributed by atoms with Gasteiger partial charge in [0.1, 0.15) is 10.8 Å². The lowest BCUT2D eigenvalue weighted by Crippen LogP contribution is -2.35. The Balaban J connectivity index is 1.83. The van der Waals surface area contributed by atoms with Gasteiger partial charge >= 0.3 is 0 Å². The minimum Gasteiger partial charge on any atom is -0.334 e. The lowest BCUT2D eigenvalue weighted by molar-refractivity contribution is 0.0729. The van der Waals surface area contributed by atoms with Gasteiger partial charge in [-0.3, -0.25) is 4.79 Å². The van der Waals surface area contributed by atoms with Crippen LogP contribution in [-0.4, -0.2) is 28.4 Å². The third kappa shape index (κ3) is 2.62. The number of pyridine rings is 1. The highest BCUT2D eigenvalue weighted by atomic mass is 35.5. The van der Waals surface area contributed by atoms with E-state index in [1.807, 2.05) is 4.90 Å². The summed E-state index contributed by atoms with van der Waals surface area (Å²) in [6.07, 6.45) is 4.65. The highest BCUT2D eigenvalue weighted by molar-refractivity contribution is 6.34. The van der Waals surface area contributed by atoms with Crippen molar-refractivity contribution in [1.82, 2.24) is 9.88 Å². The van der Waals surface area contributed by atoms with Crippen molar-refractivity contribution in [3.05, 3.63) is 28.0 Å². The minimum absolute atomic E-state index is 0.0723. The molecule has 0 unspecified atom stereocenters. The number of hydrogen-bond acceptors (Lipinski definition) is 2. The average molecular weight is 285 g/mol. The molecule has 1 amide bonds. The number of halogens is 2. The molecule has 5 heteroatoms. The van der Waals surface area contributed by atoms with Crippen LogP contribution in [0.5, 0.6) is 0 Å². The number of rotatable bonds is 4. The number of nitrogens with zero attached hydrogens (tertiary/aromatic N) is 2. The van der Waals surface area contributed by atoms with Crippen LogP contribution in [0.4, 0.5) is 0 Å². The van der Waals surface area contributed by atoms with Crippen molar-refractivity contribution in [2.75, 3.05) is 6.54 Å². The van der Waals surface area contributed by atoms with Crippen molar-refractivity contribution < 1.29 is 4.79 Å². The molecule has 0 aromatic carbocycles. The summed E-state index contributed by atoms with van der Waals surface area (Å²) in [4.78, 5) is 18.5. The normalized spacial score (nSPS) is 18.8. The van der Waals surface area contributed by atoms with Gasteiger partial charge in [-0.2, -0.15) is 0 Å². The molecule has 1 heterocycles. The Morgan fingerprint density at radius 1 is 1.28 bits per heavy atom. The predicted molar refractivity (Wildman–Crippen MR) is 71.0 cm³/mol. The van der Waals surface area contributed by atoms with Crippen molar-refractivity contribution in [2.45, 2.75) is 31.7 Å². The fourth-order valence-electron chi connectivity index (χ4n) is 2.07. The summed E-state index contributed by atoms with van der Waals surface area (Å²) >= 11 is 11.9. The van der Waals surface area contributed by atoms with E-state index in [0.717, 1.165) is 19.4 Å². The summed E-state index contributed by atoms with van der Waals surface area (Å²) in [5, 5.41) is 0.691. The molecule has 2 fully saturated rings. The Hall–Kier alpha value is -0.800. The van der Waals surface area contributed by atoms with E-state index in [0.29, 0.717) is 22.1 Å². The van der Waals surface area contributed by atoms with Gasteiger partial charge in [0, 0.05) is 12.6 Å². The van der Waals surface area contributed by atoms with Crippen molar-refractivity contribution in [3.8, 4) is 0 Å². The van der Waals surface area contributed by atoms with E-state index in [1.54, 1.807) is 12.1 Å². The van der Waals surface area contributed by atoms with Crippen LogP contribution in [0.25, 0.3) is 0 Å². The van der Waals surface area contributed by atoms with Gasteiger partial charge in [0.2, 0.25) is 0 Å². The summed E-state index contributed by atoms with van der Waals surface area (Å²) in [6.45, 7) is 0.841.